The summed E-state index contributed by atoms with van der Waals surface area (Å²) < 4.78 is 0. The van der Waals surface area contributed by atoms with Crippen molar-refractivity contribution in [2.75, 3.05) is 25.0 Å². The summed E-state index contributed by atoms with van der Waals surface area (Å²) in [4.78, 5) is 9.27. The highest BCUT2D eigenvalue weighted by atomic mass is 35.5. The lowest BCUT2D eigenvalue weighted by Crippen LogP contribution is -2.26. The first kappa shape index (κ1) is 42.2. The number of nitrogens with zero attached hydrogens (tertiary/aromatic N) is 3. The SMILES string of the molecule is C=C(C(=C\N=C(C)CC)/C(=C/C)CC)N(C)C(C)C.CCCCCCN(CCC)c1ccc(C)cc1.Cc1cccc(Cl)c1C. The summed E-state index contributed by atoms with van der Waals surface area (Å²) in [5.41, 5.74) is 9.78. The van der Waals surface area contributed by atoms with E-state index in [0.717, 1.165) is 34.8 Å². The van der Waals surface area contributed by atoms with Crippen molar-refractivity contribution in [1.29, 1.82) is 0 Å². The van der Waals surface area contributed by atoms with E-state index in [9.17, 15) is 0 Å². The summed E-state index contributed by atoms with van der Waals surface area (Å²) in [5.74, 6) is 0. The van der Waals surface area contributed by atoms with Crippen LogP contribution in [0.3, 0.4) is 0 Å². The lowest BCUT2D eigenvalue weighted by molar-refractivity contribution is 0.352. The number of hydrogen-bond donors (Lipinski definition) is 0. The van der Waals surface area contributed by atoms with Gasteiger partial charge in [-0.15, -0.1) is 0 Å². The Labute approximate surface area is 284 Å². The van der Waals surface area contributed by atoms with Gasteiger partial charge in [0.1, 0.15) is 0 Å². The summed E-state index contributed by atoms with van der Waals surface area (Å²) in [6.07, 6.45) is 12.7. The van der Waals surface area contributed by atoms with Crippen molar-refractivity contribution in [2.24, 2.45) is 4.99 Å². The Hall–Kier alpha value is -2.78. The van der Waals surface area contributed by atoms with Crippen molar-refractivity contribution in [3.8, 4) is 0 Å². The molecule has 0 aliphatic rings. The monoisotopic (exact) mass is 635 g/mol. The first-order valence-electron chi connectivity index (χ1n) is 17.2. The quantitative estimate of drug-likeness (QED) is 0.110. The Morgan fingerprint density at radius 3 is 2.00 bits per heavy atom. The van der Waals surface area contributed by atoms with Gasteiger partial charge in [-0.05, 0) is 109 Å². The Bertz CT molecular complexity index is 1170. The minimum absolute atomic E-state index is 0.433. The molecular weight excluding hydrogens is 570 g/mol. The number of halogens is 1. The molecule has 0 unspecified atom stereocenters. The summed E-state index contributed by atoms with van der Waals surface area (Å²) in [6.45, 7) is 30.1. The molecule has 0 N–H and O–H groups in total. The zero-order valence-electron chi connectivity index (χ0n) is 31.1. The molecule has 4 heteroatoms. The number of aryl methyl sites for hydroxylation is 2. The molecule has 2 aromatic rings. The van der Waals surface area contributed by atoms with Crippen LogP contribution in [-0.4, -0.2) is 36.8 Å². The van der Waals surface area contributed by atoms with Crippen molar-refractivity contribution >= 4 is 23.0 Å². The number of benzene rings is 2. The number of likely N-dealkylation sites (N-methyl/N-ethyl adjacent to an activating group) is 1. The van der Waals surface area contributed by atoms with Crippen LogP contribution in [0.2, 0.25) is 5.02 Å². The normalized spacial score (nSPS) is 11.8. The van der Waals surface area contributed by atoms with Gasteiger partial charge in [0.25, 0.3) is 0 Å². The molecule has 45 heavy (non-hydrogen) atoms. The molecule has 0 heterocycles. The third kappa shape index (κ3) is 16.9. The van der Waals surface area contributed by atoms with Crippen molar-refractivity contribution in [3.63, 3.8) is 0 Å². The van der Waals surface area contributed by atoms with E-state index in [0.29, 0.717) is 6.04 Å². The molecule has 0 saturated heterocycles. The number of hydrogen-bond acceptors (Lipinski definition) is 3. The largest absolute Gasteiger partial charge is 0.372 e. The zero-order valence-corrected chi connectivity index (χ0v) is 31.8. The molecule has 252 valence electrons. The van der Waals surface area contributed by atoms with Gasteiger partial charge in [-0.1, -0.05) is 101 Å². The van der Waals surface area contributed by atoms with Crippen LogP contribution in [0.5, 0.6) is 0 Å². The van der Waals surface area contributed by atoms with E-state index in [1.807, 2.05) is 25.3 Å². The van der Waals surface area contributed by atoms with Gasteiger partial charge < -0.3 is 9.80 Å². The van der Waals surface area contributed by atoms with Gasteiger partial charge in [0.15, 0.2) is 0 Å². The number of rotatable bonds is 15. The fourth-order valence-electron chi connectivity index (χ4n) is 4.50. The maximum Gasteiger partial charge on any atom is 0.0437 e. The number of anilines is 1. The Morgan fingerprint density at radius 2 is 1.53 bits per heavy atom. The van der Waals surface area contributed by atoms with Gasteiger partial charge in [0.2, 0.25) is 0 Å². The van der Waals surface area contributed by atoms with E-state index < -0.39 is 0 Å². The molecule has 0 saturated carbocycles. The molecule has 2 rings (SSSR count). The second-order valence-corrected chi connectivity index (χ2v) is 12.6. The molecule has 2 aromatic carbocycles. The topological polar surface area (TPSA) is 18.8 Å². The Kier molecular flexibility index (Phi) is 22.9. The van der Waals surface area contributed by atoms with Crippen LogP contribution in [0, 0.1) is 20.8 Å². The van der Waals surface area contributed by atoms with Crippen LogP contribution in [0.15, 0.2) is 83.2 Å². The van der Waals surface area contributed by atoms with E-state index in [-0.39, 0.29) is 0 Å². The first-order chi connectivity index (χ1) is 21.4. The van der Waals surface area contributed by atoms with Crippen LogP contribution in [0.4, 0.5) is 5.69 Å². The second kappa shape index (κ2) is 24.5. The molecule has 0 aliphatic heterocycles. The van der Waals surface area contributed by atoms with E-state index in [1.165, 1.54) is 73.1 Å². The zero-order chi connectivity index (χ0) is 34.4. The van der Waals surface area contributed by atoms with Gasteiger partial charge in [-0.3, -0.25) is 4.99 Å². The van der Waals surface area contributed by atoms with Gasteiger partial charge in [0, 0.05) is 60.1 Å². The maximum absolute atomic E-state index is 5.81. The predicted octanol–water partition coefficient (Wildman–Crippen LogP) is 12.7. The van der Waals surface area contributed by atoms with Crippen LogP contribution < -0.4 is 4.90 Å². The smallest absolute Gasteiger partial charge is 0.0437 e. The van der Waals surface area contributed by atoms with Crippen molar-refractivity contribution in [2.45, 2.75) is 127 Å². The predicted molar refractivity (Wildman–Crippen MR) is 206 cm³/mol. The van der Waals surface area contributed by atoms with Gasteiger partial charge in [0.05, 0.1) is 0 Å². The minimum atomic E-state index is 0.433. The molecule has 0 atom stereocenters. The Morgan fingerprint density at radius 1 is 0.889 bits per heavy atom. The summed E-state index contributed by atoms with van der Waals surface area (Å²) >= 11 is 5.81. The average molecular weight is 636 g/mol. The van der Waals surface area contributed by atoms with E-state index in [1.54, 1.807) is 0 Å². The maximum atomic E-state index is 5.81. The van der Waals surface area contributed by atoms with E-state index >= 15 is 0 Å². The molecule has 0 fully saturated rings. The van der Waals surface area contributed by atoms with E-state index in [2.05, 4.69) is 134 Å². The highest BCUT2D eigenvalue weighted by Crippen LogP contribution is 2.25. The van der Waals surface area contributed by atoms with Crippen LogP contribution in [-0.2, 0) is 0 Å². The summed E-state index contributed by atoms with van der Waals surface area (Å²) in [7, 11) is 2.08. The van der Waals surface area contributed by atoms with Gasteiger partial charge >= 0.3 is 0 Å². The summed E-state index contributed by atoms with van der Waals surface area (Å²) in [5, 5.41) is 0.856. The molecule has 0 spiro atoms. The minimum Gasteiger partial charge on any atom is -0.372 e. The molecule has 3 nitrogen and oxygen atoms in total. The molecule has 0 aromatic heterocycles. The van der Waals surface area contributed by atoms with Crippen LogP contribution in [0.25, 0.3) is 0 Å². The fraction of sp³-hybridized carbons (Fsp3) is 0.537. The third-order valence-electron chi connectivity index (χ3n) is 8.23. The fourth-order valence-corrected chi connectivity index (χ4v) is 4.72. The average Bonchev–Trinajstić information content (AvgIpc) is 3.03. The van der Waals surface area contributed by atoms with Crippen molar-refractivity contribution in [1.82, 2.24) is 4.90 Å². The molecule has 0 amide bonds. The molecule has 0 bridgehead atoms. The van der Waals surface area contributed by atoms with Gasteiger partial charge in [-0.25, -0.2) is 0 Å². The lowest BCUT2D eigenvalue weighted by Gasteiger charge is -2.28. The lowest BCUT2D eigenvalue weighted by atomic mass is 10.0. The van der Waals surface area contributed by atoms with Crippen molar-refractivity contribution < 1.29 is 0 Å². The molecular formula is C41H66ClN3. The summed E-state index contributed by atoms with van der Waals surface area (Å²) in [6, 6.07) is 15.3. The number of allylic oxidation sites excluding steroid dienone is 2. The molecule has 0 aliphatic carbocycles. The van der Waals surface area contributed by atoms with Gasteiger partial charge in [-0.2, -0.15) is 0 Å². The Balaban J connectivity index is 0.000000682. The second-order valence-electron chi connectivity index (χ2n) is 12.1. The number of aliphatic imine (C=N–C) groups is 1. The standard InChI is InChI=1S/C17H30N2.C16H27N.C8H9Cl/c1-9-14(6)18-12-17(16(10-2)11-3)15(7)19(8)13(4)5;1-4-6-7-8-14-17(13-5-2)16-11-9-15(3)10-12-16;1-6-4-3-5-8(9)7(6)2/h10,12-13H,7,9,11H2,1-6,8H3;9-12H,4-8,13-14H2,1-3H3;3-5H,1-2H3/b16-10+,17-12+,18-14?;;. The highest BCUT2D eigenvalue weighted by Gasteiger charge is 2.13. The van der Waals surface area contributed by atoms with Crippen LogP contribution >= 0.6 is 11.6 Å². The first-order valence-corrected chi connectivity index (χ1v) is 17.6. The van der Waals surface area contributed by atoms with E-state index in [4.69, 9.17) is 11.6 Å². The van der Waals surface area contributed by atoms with Crippen LogP contribution in [0.1, 0.15) is 117 Å². The molecule has 0 radical (unpaired) electrons. The third-order valence-corrected chi connectivity index (χ3v) is 8.63. The highest BCUT2D eigenvalue weighted by molar-refractivity contribution is 6.31. The number of unbranched alkanes of at least 4 members (excludes halogenated alkanes) is 3. The van der Waals surface area contributed by atoms with Crippen molar-refractivity contribution in [3.05, 3.63) is 99.9 Å².